The molecule has 0 bridgehead atoms. The van der Waals surface area contributed by atoms with Gasteiger partial charge in [0.2, 0.25) is 0 Å². The first-order chi connectivity index (χ1) is 5.99. The Bertz CT molecular complexity index is 125. The summed E-state index contributed by atoms with van der Waals surface area (Å²) in [6.07, 6.45) is 0.960. The lowest BCUT2D eigenvalue weighted by molar-refractivity contribution is 0.213. The molecule has 80 valence electrons. The van der Waals surface area contributed by atoms with Crippen molar-refractivity contribution >= 4 is 0 Å². The third-order valence-corrected chi connectivity index (χ3v) is 2.20. The van der Waals surface area contributed by atoms with Crippen LogP contribution in [-0.2, 0) is 0 Å². The van der Waals surface area contributed by atoms with Crippen LogP contribution in [0.5, 0.6) is 0 Å². The molecule has 2 unspecified atom stereocenters. The van der Waals surface area contributed by atoms with E-state index in [1.807, 2.05) is 14.1 Å². The van der Waals surface area contributed by atoms with Gasteiger partial charge in [-0.25, -0.2) is 0 Å². The Morgan fingerprint density at radius 3 is 2.00 bits per heavy atom. The van der Waals surface area contributed by atoms with Crippen molar-refractivity contribution in [3.63, 3.8) is 0 Å². The molecule has 0 aliphatic heterocycles. The van der Waals surface area contributed by atoms with Crippen LogP contribution in [0, 0.1) is 0 Å². The average molecular weight is 188 g/mol. The summed E-state index contributed by atoms with van der Waals surface area (Å²) in [5.74, 6) is 0. The molecule has 0 saturated heterocycles. The highest BCUT2D eigenvalue weighted by Gasteiger charge is 2.19. The van der Waals surface area contributed by atoms with Gasteiger partial charge in [0.25, 0.3) is 0 Å². The maximum Gasteiger partial charge on any atom is 0.0326 e. The molecule has 4 N–H and O–H groups in total. The second-order valence-corrected chi connectivity index (χ2v) is 4.03. The zero-order chi connectivity index (χ0) is 10.4. The number of nitrogens with zero attached hydrogens (tertiary/aromatic N) is 2. The predicted octanol–water partition coefficient (Wildman–Crippen LogP) is -0.846. The van der Waals surface area contributed by atoms with Crippen LogP contribution in [0.3, 0.4) is 0 Å². The molecule has 0 amide bonds. The van der Waals surface area contributed by atoms with Gasteiger partial charge in [0.1, 0.15) is 0 Å². The highest BCUT2D eigenvalue weighted by atomic mass is 15.1. The van der Waals surface area contributed by atoms with Crippen LogP contribution in [0.4, 0.5) is 0 Å². The summed E-state index contributed by atoms with van der Waals surface area (Å²) < 4.78 is 0. The molecule has 0 aromatic rings. The largest absolute Gasteiger partial charge is 0.330 e. The van der Waals surface area contributed by atoms with Gasteiger partial charge in [-0.15, -0.1) is 0 Å². The highest BCUT2D eigenvalue weighted by Crippen LogP contribution is 2.03. The van der Waals surface area contributed by atoms with Gasteiger partial charge < -0.3 is 21.3 Å². The molecule has 0 heterocycles. The topological polar surface area (TPSA) is 58.5 Å². The lowest BCUT2D eigenvalue weighted by atomic mass is 10.0. The van der Waals surface area contributed by atoms with Gasteiger partial charge in [0.05, 0.1) is 0 Å². The third-order valence-electron chi connectivity index (χ3n) is 2.20. The van der Waals surface area contributed by atoms with Crippen LogP contribution in [0.1, 0.15) is 6.42 Å². The fourth-order valence-corrected chi connectivity index (χ4v) is 1.57. The van der Waals surface area contributed by atoms with E-state index in [0.717, 1.165) is 13.0 Å². The van der Waals surface area contributed by atoms with Crippen molar-refractivity contribution in [1.29, 1.82) is 0 Å². The Kier molecular flexibility index (Phi) is 6.24. The van der Waals surface area contributed by atoms with Crippen molar-refractivity contribution in [2.45, 2.75) is 18.5 Å². The fourth-order valence-electron chi connectivity index (χ4n) is 1.57. The second-order valence-electron chi connectivity index (χ2n) is 4.03. The Morgan fingerprint density at radius 1 is 1.15 bits per heavy atom. The van der Waals surface area contributed by atoms with Crippen LogP contribution in [0.25, 0.3) is 0 Å². The Balaban J connectivity index is 4.02. The number of hydrogen-bond acceptors (Lipinski definition) is 4. The van der Waals surface area contributed by atoms with Crippen LogP contribution in [0.15, 0.2) is 0 Å². The number of rotatable bonds is 6. The van der Waals surface area contributed by atoms with E-state index in [4.69, 9.17) is 11.5 Å². The van der Waals surface area contributed by atoms with Gasteiger partial charge in [-0.3, -0.25) is 0 Å². The summed E-state index contributed by atoms with van der Waals surface area (Å²) >= 11 is 0. The zero-order valence-electron chi connectivity index (χ0n) is 9.33. The molecule has 0 saturated carbocycles. The Morgan fingerprint density at radius 2 is 1.69 bits per heavy atom. The SMILES string of the molecule is CN(C)CC(N)C(CCN)N(C)C. The summed E-state index contributed by atoms with van der Waals surface area (Å²) in [4.78, 5) is 4.26. The third kappa shape index (κ3) is 5.21. The van der Waals surface area contributed by atoms with Gasteiger partial charge in [-0.1, -0.05) is 0 Å². The molecule has 2 atom stereocenters. The first kappa shape index (κ1) is 12.8. The van der Waals surface area contributed by atoms with E-state index in [-0.39, 0.29) is 6.04 Å². The first-order valence-corrected chi connectivity index (χ1v) is 4.75. The van der Waals surface area contributed by atoms with E-state index < -0.39 is 0 Å². The minimum absolute atomic E-state index is 0.175. The molecular formula is C9H24N4. The van der Waals surface area contributed by atoms with E-state index >= 15 is 0 Å². The van der Waals surface area contributed by atoms with Crippen LogP contribution < -0.4 is 11.5 Å². The molecule has 0 fully saturated rings. The normalized spacial score (nSPS) is 16.6. The van der Waals surface area contributed by atoms with Crippen molar-refractivity contribution in [1.82, 2.24) is 9.80 Å². The predicted molar refractivity (Wildman–Crippen MR) is 57.7 cm³/mol. The first-order valence-electron chi connectivity index (χ1n) is 4.75. The van der Waals surface area contributed by atoms with Gasteiger partial charge in [-0.05, 0) is 41.2 Å². The molecule has 0 aromatic heterocycles. The summed E-state index contributed by atoms with van der Waals surface area (Å²) in [6, 6.07) is 0.556. The van der Waals surface area contributed by atoms with Gasteiger partial charge in [-0.2, -0.15) is 0 Å². The van der Waals surface area contributed by atoms with Crippen LogP contribution in [0.2, 0.25) is 0 Å². The second kappa shape index (κ2) is 6.32. The van der Waals surface area contributed by atoms with E-state index in [2.05, 4.69) is 23.9 Å². The highest BCUT2D eigenvalue weighted by molar-refractivity contribution is 4.81. The lowest BCUT2D eigenvalue weighted by Crippen LogP contribution is -2.50. The number of likely N-dealkylation sites (N-methyl/N-ethyl adjacent to an activating group) is 2. The smallest absolute Gasteiger partial charge is 0.0326 e. The van der Waals surface area contributed by atoms with E-state index in [9.17, 15) is 0 Å². The van der Waals surface area contributed by atoms with E-state index in [0.29, 0.717) is 12.6 Å². The monoisotopic (exact) mass is 188 g/mol. The molecule has 0 rings (SSSR count). The molecule has 0 spiro atoms. The summed E-state index contributed by atoms with van der Waals surface area (Å²) in [6.45, 7) is 1.60. The van der Waals surface area contributed by atoms with Gasteiger partial charge in [0.15, 0.2) is 0 Å². The zero-order valence-corrected chi connectivity index (χ0v) is 9.33. The van der Waals surface area contributed by atoms with Crippen molar-refractivity contribution in [2.75, 3.05) is 41.3 Å². The van der Waals surface area contributed by atoms with Gasteiger partial charge >= 0.3 is 0 Å². The fraction of sp³-hybridized carbons (Fsp3) is 1.00. The molecule has 4 nitrogen and oxygen atoms in total. The average Bonchev–Trinajstić information content (AvgIpc) is 1.97. The minimum atomic E-state index is 0.175. The number of hydrogen-bond donors (Lipinski definition) is 2. The Labute approximate surface area is 81.9 Å². The van der Waals surface area contributed by atoms with E-state index in [1.165, 1.54) is 0 Å². The molecule has 0 aromatic carbocycles. The maximum atomic E-state index is 6.07. The van der Waals surface area contributed by atoms with E-state index in [1.54, 1.807) is 0 Å². The van der Waals surface area contributed by atoms with Crippen molar-refractivity contribution in [3.8, 4) is 0 Å². The van der Waals surface area contributed by atoms with Gasteiger partial charge in [0, 0.05) is 18.6 Å². The lowest BCUT2D eigenvalue weighted by Gasteiger charge is -2.31. The summed E-state index contributed by atoms with van der Waals surface area (Å²) in [5.41, 5.74) is 11.6. The maximum absolute atomic E-state index is 6.07. The number of nitrogens with two attached hydrogens (primary N) is 2. The van der Waals surface area contributed by atoms with Crippen LogP contribution in [-0.4, -0.2) is 63.2 Å². The summed E-state index contributed by atoms with van der Waals surface area (Å²) in [7, 11) is 8.18. The molecule has 4 heteroatoms. The Hall–Kier alpha value is -0.160. The van der Waals surface area contributed by atoms with Crippen molar-refractivity contribution in [3.05, 3.63) is 0 Å². The van der Waals surface area contributed by atoms with Crippen LogP contribution >= 0.6 is 0 Å². The molecule has 0 radical (unpaired) electrons. The quantitative estimate of drug-likeness (QED) is 0.570. The minimum Gasteiger partial charge on any atom is -0.330 e. The molecule has 0 aliphatic rings. The summed E-state index contributed by atoms with van der Waals surface area (Å²) in [5, 5.41) is 0. The van der Waals surface area contributed by atoms with Crippen molar-refractivity contribution in [2.24, 2.45) is 11.5 Å². The standard InChI is InChI=1S/C9H24N4/c1-12(2)7-8(11)9(5-6-10)13(3)4/h8-9H,5-7,10-11H2,1-4H3. The molecule has 0 aliphatic carbocycles. The van der Waals surface area contributed by atoms with Crippen molar-refractivity contribution < 1.29 is 0 Å². The molecular weight excluding hydrogens is 164 g/mol. The molecule has 13 heavy (non-hydrogen) atoms.